The Morgan fingerprint density at radius 2 is 1.91 bits per heavy atom. The van der Waals surface area contributed by atoms with Crippen LogP contribution in [0.1, 0.15) is 40.0 Å². The second-order valence-corrected chi connectivity index (χ2v) is 11.8. The highest BCUT2D eigenvalue weighted by molar-refractivity contribution is 6.53. The molecule has 4 rings (SSSR count). The normalized spacial score (nSPS) is 46.4. The Morgan fingerprint density at radius 1 is 1.26 bits per heavy atom. The number of hydrogen-bond donors (Lipinski definition) is 1. The maximum atomic E-state index is 17.3. The molecule has 0 radical (unpaired) electrons. The number of aliphatic hydroxyl groups excluding tert-OH is 1. The number of carbonyl (C=O) groups excluding carboxylic acids is 3. The number of carbonyl (C=O) groups is 3. The lowest BCUT2D eigenvalue weighted by atomic mass is 9.44. The summed E-state index contributed by atoms with van der Waals surface area (Å²) in [5, 5.41) is 11.4. The summed E-state index contributed by atoms with van der Waals surface area (Å²) in [6, 6.07) is -0.534. The predicted molar refractivity (Wildman–Crippen MR) is 124 cm³/mol. The van der Waals surface area contributed by atoms with Gasteiger partial charge in [0.05, 0.1) is 6.10 Å². The molecule has 0 unspecified atom stereocenters. The molecule has 0 saturated heterocycles. The number of rotatable bonds is 4. The molecular weight excluding hydrogens is 529 g/mol. The number of esters is 2. The van der Waals surface area contributed by atoms with Crippen molar-refractivity contribution in [1.29, 1.82) is 0 Å². The number of halogens is 5. The van der Waals surface area contributed by atoms with Crippen molar-refractivity contribution in [2.75, 3.05) is 6.07 Å². The first-order valence-corrected chi connectivity index (χ1v) is 12.8. The molecule has 0 aromatic rings. The Labute approximate surface area is 216 Å². The third-order valence-corrected chi connectivity index (χ3v) is 9.56. The molecule has 4 aliphatic carbocycles. The van der Waals surface area contributed by atoms with Crippen LogP contribution in [0.25, 0.3) is 0 Å². The zero-order chi connectivity index (χ0) is 26.1. The van der Waals surface area contributed by atoms with Gasteiger partial charge in [0, 0.05) is 22.7 Å². The first-order chi connectivity index (χ1) is 16.2. The summed E-state index contributed by atoms with van der Waals surface area (Å²) in [4.78, 5) is 36.3. The molecule has 0 spiro atoms. The van der Waals surface area contributed by atoms with Crippen molar-refractivity contribution in [2.24, 2.45) is 28.6 Å². The van der Waals surface area contributed by atoms with Crippen molar-refractivity contribution in [3.8, 4) is 0 Å². The number of hydrogen-bond acceptors (Lipinski definition) is 6. The zero-order valence-corrected chi connectivity index (χ0v) is 21.7. The molecule has 9 atom stereocenters. The average molecular weight is 556 g/mol. The lowest BCUT2D eigenvalue weighted by molar-refractivity contribution is -0.238. The van der Waals surface area contributed by atoms with Gasteiger partial charge in [-0.25, -0.2) is 18.4 Å². The predicted octanol–water partition coefficient (Wildman–Crippen LogP) is 4.38. The number of fused-ring (bicyclic) bond motifs is 5. The zero-order valence-electron chi connectivity index (χ0n) is 19.4. The molecule has 11 heteroatoms. The summed E-state index contributed by atoms with van der Waals surface area (Å²) in [7, 11) is 0. The fourth-order valence-corrected chi connectivity index (χ4v) is 7.77. The van der Waals surface area contributed by atoms with Gasteiger partial charge in [-0.3, -0.25) is 4.79 Å². The largest absolute Gasteiger partial charge is 0.446 e. The van der Waals surface area contributed by atoms with Gasteiger partial charge in [-0.05, 0) is 49.8 Å². The van der Waals surface area contributed by atoms with Crippen molar-refractivity contribution in [3.63, 3.8) is 0 Å². The van der Waals surface area contributed by atoms with E-state index in [2.05, 4.69) is 0 Å². The molecule has 0 aromatic heterocycles. The van der Waals surface area contributed by atoms with Crippen LogP contribution < -0.4 is 0 Å². The van der Waals surface area contributed by atoms with Gasteiger partial charge in [-0.1, -0.05) is 54.7 Å². The smallest absolute Gasteiger partial charge is 0.352 e. The summed E-state index contributed by atoms with van der Waals surface area (Å²) < 4.78 is 43.5. The van der Waals surface area contributed by atoms with E-state index in [0.717, 1.165) is 6.08 Å². The number of ether oxygens (including phenoxy) is 2. The highest BCUT2D eigenvalue weighted by Gasteiger charge is 2.78. The summed E-state index contributed by atoms with van der Waals surface area (Å²) in [5.74, 6) is -5.00. The third-order valence-electron chi connectivity index (χ3n) is 9.10. The summed E-state index contributed by atoms with van der Waals surface area (Å²) >= 11 is 17.1. The van der Waals surface area contributed by atoms with Gasteiger partial charge in [0.1, 0.15) is 6.17 Å². The first-order valence-electron chi connectivity index (χ1n) is 11.4. The monoisotopic (exact) mass is 554 g/mol. The number of allylic oxidation sites excluding steroid dienone is 4. The minimum Gasteiger partial charge on any atom is -0.446 e. The highest BCUT2D eigenvalue weighted by Crippen LogP contribution is 2.71. The van der Waals surface area contributed by atoms with Gasteiger partial charge >= 0.3 is 11.9 Å². The van der Waals surface area contributed by atoms with Crippen molar-refractivity contribution in [2.45, 2.75) is 68.4 Å². The maximum absolute atomic E-state index is 17.3. The molecule has 194 valence electrons. The Balaban J connectivity index is 1.87. The second-order valence-electron chi connectivity index (χ2n) is 10.5. The molecule has 0 bridgehead atoms. The van der Waals surface area contributed by atoms with Crippen molar-refractivity contribution in [3.05, 3.63) is 23.8 Å². The summed E-state index contributed by atoms with van der Waals surface area (Å²) in [6.45, 7) is 4.72. The van der Waals surface area contributed by atoms with Gasteiger partial charge < -0.3 is 14.6 Å². The Hall–Kier alpha value is -1.22. The molecule has 4 aliphatic rings. The van der Waals surface area contributed by atoms with Crippen molar-refractivity contribution < 1.29 is 37.7 Å². The van der Waals surface area contributed by atoms with E-state index in [1.54, 1.807) is 13.8 Å². The molecule has 6 nitrogen and oxygen atoms in total. The van der Waals surface area contributed by atoms with Gasteiger partial charge in [-0.15, -0.1) is 0 Å². The van der Waals surface area contributed by atoms with Crippen molar-refractivity contribution in [1.82, 2.24) is 0 Å². The fourth-order valence-electron chi connectivity index (χ4n) is 7.58. The van der Waals surface area contributed by atoms with Crippen LogP contribution in [-0.4, -0.2) is 57.3 Å². The summed E-state index contributed by atoms with van der Waals surface area (Å²) in [5.41, 5.74) is -7.29. The van der Waals surface area contributed by atoms with Crippen LogP contribution >= 0.6 is 34.8 Å². The van der Waals surface area contributed by atoms with E-state index in [-0.39, 0.29) is 24.8 Å². The van der Waals surface area contributed by atoms with Gasteiger partial charge in [0.15, 0.2) is 17.5 Å². The molecule has 0 aliphatic heterocycles. The van der Waals surface area contributed by atoms with Gasteiger partial charge in [0.2, 0.25) is 10.4 Å². The SMILES string of the molecule is C[C@H]1C[C@H]2[C@@H]3C[C@H](F)C4=CC(=O)C=C[C@]4(C)[C@@]3(F)[C@@H](O)C[C@]2(C)[C@]1(OC(=O)C(Cl)Cl)C(=O)OCCl. The minimum atomic E-state index is -2.35. The highest BCUT2D eigenvalue weighted by atomic mass is 35.5. The van der Waals surface area contributed by atoms with Crippen LogP contribution in [0.15, 0.2) is 23.8 Å². The van der Waals surface area contributed by atoms with Crippen LogP contribution in [0.4, 0.5) is 8.78 Å². The minimum absolute atomic E-state index is 0.0104. The standard InChI is InChI=1S/C24H27Cl3F2O6/c1-11-6-13-14-8-16(28)15-7-12(30)4-5-21(15,2)23(14,29)17(31)9-22(13,3)24(11,20(33)34-10-25)35-19(32)18(26)27/h4-5,7,11,13-14,16-18,31H,6,8-10H2,1-3H3/t11-,13-,14-,16-,17-,21-,22-,23-,24+/m0/s1. The Bertz CT molecular complexity index is 1020. The topological polar surface area (TPSA) is 89.9 Å². The van der Waals surface area contributed by atoms with Crippen LogP contribution in [0.3, 0.4) is 0 Å². The molecule has 35 heavy (non-hydrogen) atoms. The van der Waals surface area contributed by atoms with Crippen molar-refractivity contribution >= 4 is 52.5 Å². The number of alkyl halides is 5. The lowest BCUT2D eigenvalue weighted by Gasteiger charge is -2.63. The van der Waals surface area contributed by atoms with Crippen LogP contribution in [0.2, 0.25) is 0 Å². The van der Waals surface area contributed by atoms with E-state index in [1.165, 1.54) is 19.1 Å². The van der Waals surface area contributed by atoms with E-state index in [1.807, 2.05) is 0 Å². The quantitative estimate of drug-likeness (QED) is 0.409. The number of aliphatic hydroxyl groups is 1. The van der Waals surface area contributed by atoms with Gasteiger partial charge in [-0.2, -0.15) is 0 Å². The lowest BCUT2D eigenvalue weighted by Crippen LogP contribution is -2.71. The van der Waals surface area contributed by atoms with E-state index >= 15 is 8.78 Å². The third kappa shape index (κ3) is 3.39. The molecule has 0 amide bonds. The van der Waals surface area contributed by atoms with E-state index < -0.39 is 80.8 Å². The Morgan fingerprint density at radius 3 is 2.51 bits per heavy atom. The Kier molecular flexibility index (Phi) is 6.65. The number of ketones is 1. The molecule has 0 heterocycles. The van der Waals surface area contributed by atoms with E-state index in [4.69, 9.17) is 44.3 Å². The molecule has 1 N–H and O–H groups in total. The van der Waals surface area contributed by atoms with Crippen LogP contribution in [0.5, 0.6) is 0 Å². The van der Waals surface area contributed by atoms with Gasteiger partial charge in [0.25, 0.3) is 0 Å². The first kappa shape index (κ1) is 26.8. The van der Waals surface area contributed by atoms with E-state index in [0.29, 0.717) is 0 Å². The molecular formula is C24H27Cl3F2O6. The molecule has 3 fully saturated rings. The van der Waals surface area contributed by atoms with Crippen LogP contribution in [0, 0.1) is 28.6 Å². The second kappa shape index (κ2) is 8.67. The molecule has 3 saturated carbocycles. The van der Waals surface area contributed by atoms with E-state index in [9.17, 15) is 19.5 Å². The molecule has 0 aromatic carbocycles. The fraction of sp³-hybridized carbons (Fsp3) is 0.708. The maximum Gasteiger partial charge on any atom is 0.352 e. The summed E-state index contributed by atoms with van der Waals surface area (Å²) in [6.07, 6.45) is -0.175. The van der Waals surface area contributed by atoms with Crippen LogP contribution in [-0.2, 0) is 23.9 Å². The average Bonchev–Trinajstić information content (AvgIpc) is 2.99.